The Balaban J connectivity index is 2.24. The largest absolute Gasteiger partial charge is 0.366 e. The number of hydrogen-bond acceptors (Lipinski definition) is 3. The van der Waals surface area contributed by atoms with Gasteiger partial charge in [0.1, 0.15) is 0 Å². The molecule has 3 nitrogen and oxygen atoms in total. The molecule has 2 atom stereocenters. The Hall–Kier alpha value is -0.120. The molecule has 3 heteroatoms. The molecule has 1 aliphatic rings. The van der Waals surface area contributed by atoms with E-state index in [1.165, 1.54) is 0 Å². The Morgan fingerprint density at radius 1 is 1.70 bits per heavy atom. The first kappa shape index (κ1) is 7.98. The molecule has 0 aromatic rings. The van der Waals surface area contributed by atoms with Gasteiger partial charge in [0.25, 0.3) is 0 Å². The molecule has 0 aromatic carbocycles. The molecule has 0 amide bonds. The topological polar surface area (TPSA) is 33.3 Å². The van der Waals surface area contributed by atoms with Gasteiger partial charge in [-0.05, 0) is 14.0 Å². The van der Waals surface area contributed by atoms with Crippen molar-refractivity contribution < 1.29 is 4.74 Å². The van der Waals surface area contributed by atoms with Crippen molar-refractivity contribution in [3.63, 3.8) is 0 Å². The van der Waals surface area contributed by atoms with Crippen LogP contribution in [0.25, 0.3) is 0 Å². The predicted octanol–water partition coefficient (Wildman–Crippen LogP) is -0.212. The van der Waals surface area contributed by atoms with Crippen molar-refractivity contribution in [2.24, 2.45) is 5.92 Å². The van der Waals surface area contributed by atoms with E-state index in [2.05, 4.69) is 17.6 Å². The van der Waals surface area contributed by atoms with Crippen LogP contribution in [-0.2, 0) is 4.74 Å². The molecule has 1 rings (SSSR count). The van der Waals surface area contributed by atoms with Crippen molar-refractivity contribution in [3.05, 3.63) is 0 Å². The van der Waals surface area contributed by atoms with Gasteiger partial charge in [0.15, 0.2) is 0 Å². The molecule has 2 N–H and O–H groups in total. The van der Waals surface area contributed by atoms with Gasteiger partial charge in [0.05, 0.1) is 13.3 Å². The van der Waals surface area contributed by atoms with Crippen molar-refractivity contribution in [2.45, 2.75) is 13.0 Å². The molecule has 60 valence electrons. The second kappa shape index (κ2) is 3.91. The van der Waals surface area contributed by atoms with Gasteiger partial charge >= 0.3 is 0 Å². The molecule has 1 heterocycles. The van der Waals surface area contributed by atoms with E-state index in [-0.39, 0.29) is 0 Å². The SMILES string of the molecule is CNC(C)C1CNCOC1. The van der Waals surface area contributed by atoms with E-state index in [0.717, 1.165) is 13.2 Å². The number of hydrogen-bond donors (Lipinski definition) is 2. The van der Waals surface area contributed by atoms with Gasteiger partial charge < -0.3 is 10.1 Å². The smallest absolute Gasteiger partial charge is 0.0965 e. The third kappa shape index (κ3) is 1.94. The first-order chi connectivity index (χ1) is 4.84. The van der Waals surface area contributed by atoms with Gasteiger partial charge in [-0.1, -0.05) is 0 Å². The summed E-state index contributed by atoms with van der Waals surface area (Å²) in [5, 5.41) is 6.40. The first-order valence-corrected chi connectivity index (χ1v) is 3.80. The lowest BCUT2D eigenvalue weighted by Gasteiger charge is -2.27. The minimum absolute atomic E-state index is 0.549. The highest BCUT2D eigenvalue weighted by Crippen LogP contribution is 2.05. The fourth-order valence-corrected chi connectivity index (χ4v) is 1.14. The normalized spacial score (nSPS) is 30.0. The Morgan fingerprint density at radius 2 is 2.50 bits per heavy atom. The number of ether oxygens (including phenoxy) is 1. The van der Waals surface area contributed by atoms with Crippen LogP contribution in [-0.4, -0.2) is 33.0 Å². The summed E-state index contributed by atoms with van der Waals surface area (Å²) in [4.78, 5) is 0. The highest BCUT2D eigenvalue weighted by atomic mass is 16.5. The summed E-state index contributed by atoms with van der Waals surface area (Å²) in [6, 6.07) is 0.549. The van der Waals surface area contributed by atoms with Crippen LogP contribution in [0.15, 0.2) is 0 Å². The average Bonchev–Trinajstić information content (AvgIpc) is 2.05. The highest BCUT2D eigenvalue weighted by Gasteiger charge is 2.18. The van der Waals surface area contributed by atoms with Crippen molar-refractivity contribution in [3.8, 4) is 0 Å². The summed E-state index contributed by atoms with van der Waals surface area (Å²) in [7, 11) is 1.99. The first-order valence-electron chi connectivity index (χ1n) is 3.80. The third-order valence-electron chi connectivity index (χ3n) is 2.11. The lowest BCUT2D eigenvalue weighted by molar-refractivity contribution is 0.0354. The minimum Gasteiger partial charge on any atom is -0.366 e. The van der Waals surface area contributed by atoms with E-state index in [9.17, 15) is 0 Å². The Labute approximate surface area is 62.1 Å². The second-order valence-electron chi connectivity index (χ2n) is 2.81. The third-order valence-corrected chi connectivity index (χ3v) is 2.11. The lowest BCUT2D eigenvalue weighted by atomic mass is 10.0. The predicted molar refractivity (Wildman–Crippen MR) is 40.8 cm³/mol. The molecule has 0 aliphatic carbocycles. The van der Waals surface area contributed by atoms with E-state index < -0.39 is 0 Å². The average molecular weight is 144 g/mol. The van der Waals surface area contributed by atoms with Gasteiger partial charge in [-0.3, -0.25) is 5.32 Å². The van der Waals surface area contributed by atoms with Gasteiger partial charge in [0.2, 0.25) is 0 Å². The van der Waals surface area contributed by atoms with Crippen LogP contribution in [0.1, 0.15) is 6.92 Å². The molecule has 1 fully saturated rings. The van der Waals surface area contributed by atoms with Gasteiger partial charge in [-0.15, -0.1) is 0 Å². The summed E-state index contributed by atoms with van der Waals surface area (Å²) in [5.74, 6) is 0.624. The van der Waals surface area contributed by atoms with Crippen LogP contribution in [0.5, 0.6) is 0 Å². The Bertz CT molecular complexity index is 91.6. The van der Waals surface area contributed by atoms with Crippen LogP contribution in [0, 0.1) is 5.92 Å². The molecule has 2 unspecified atom stereocenters. The quantitative estimate of drug-likeness (QED) is 0.562. The monoisotopic (exact) mass is 144 g/mol. The summed E-state index contributed by atoms with van der Waals surface area (Å²) in [6.45, 7) is 4.85. The Kier molecular flexibility index (Phi) is 3.12. The standard InChI is InChI=1S/C7H16N2O/c1-6(8-2)7-3-9-5-10-4-7/h6-9H,3-5H2,1-2H3. The van der Waals surface area contributed by atoms with E-state index in [4.69, 9.17) is 4.74 Å². The zero-order valence-electron chi connectivity index (χ0n) is 6.68. The van der Waals surface area contributed by atoms with Crippen LogP contribution < -0.4 is 10.6 Å². The van der Waals surface area contributed by atoms with Crippen molar-refractivity contribution in [2.75, 3.05) is 26.9 Å². The summed E-state index contributed by atoms with van der Waals surface area (Å²) < 4.78 is 5.25. The van der Waals surface area contributed by atoms with E-state index in [0.29, 0.717) is 18.7 Å². The molecule has 1 aliphatic heterocycles. The molecule has 0 spiro atoms. The zero-order valence-corrected chi connectivity index (χ0v) is 6.68. The van der Waals surface area contributed by atoms with Gasteiger partial charge in [-0.25, -0.2) is 0 Å². The van der Waals surface area contributed by atoms with E-state index in [1.807, 2.05) is 7.05 Å². The van der Waals surface area contributed by atoms with Crippen molar-refractivity contribution >= 4 is 0 Å². The second-order valence-corrected chi connectivity index (χ2v) is 2.81. The number of nitrogens with one attached hydrogen (secondary N) is 2. The maximum atomic E-state index is 5.25. The number of rotatable bonds is 2. The summed E-state index contributed by atoms with van der Waals surface area (Å²) >= 11 is 0. The van der Waals surface area contributed by atoms with Crippen LogP contribution >= 0.6 is 0 Å². The molecule has 10 heavy (non-hydrogen) atoms. The molecular weight excluding hydrogens is 128 g/mol. The van der Waals surface area contributed by atoms with E-state index in [1.54, 1.807) is 0 Å². The van der Waals surface area contributed by atoms with Crippen LogP contribution in [0.2, 0.25) is 0 Å². The van der Waals surface area contributed by atoms with Crippen LogP contribution in [0.4, 0.5) is 0 Å². The molecule has 0 radical (unpaired) electrons. The van der Waals surface area contributed by atoms with Crippen molar-refractivity contribution in [1.29, 1.82) is 0 Å². The summed E-state index contributed by atoms with van der Waals surface area (Å²) in [5.41, 5.74) is 0. The summed E-state index contributed by atoms with van der Waals surface area (Å²) in [6.07, 6.45) is 0. The highest BCUT2D eigenvalue weighted by molar-refractivity contribution is 4.74. The fourth-order valence-electron chi connectivity index (χ4n) is 1.14. The van der Waals surface area contributed by atoms with Crippen molar-refractivity contribution in [1.82, 2.24) is 10.6 Å². The molecule has 0 saturated carbocycles. The minimum atomic E-state index is 0.549. The van der Waals surface area contributed by atoms with Crippen LogP contribution in [0.3, 0.4) is 0 Å². The molecule has 0 bridgehead atoms. The Morgan fingerprint density at radius 3 is 3.00 bits per heavy atom. The molecular formula is C7H16N2O. The maximum Gasteiger partial charge on any atom is 0.0965 e. The molecule has 1 saturated heterocycles. The lowest BCUT2D eigenvalue weighted by Crippen LogP contribution is -2.44. The maximum absolute atomic E-state index is 5.25. The van der Waals surface area contributed by atoms with Gasteiger partial charge in [0, 0.05) is 18.5 Å². The molecule has 0 aromatic heterocycles. The zero-order chi connectivity index (χ0) is 7.40. The fraction of sp³-hybridized carbons (Fsp3) is 1.00. The van der Waals surface area contributed by atoms with E-state index >= 15 is 0 Å². The van der Waals surface area contributed by atoms with Gasteiger partial charge in [-0.2, -0.15) is 0 Å².